The van der Waals surface area contributed by atoms with Crippen molar-refractivity contribution in [3.63, 3.8) is 0 Å². The summed E-state index contributed by atoms with van der Waals surface area (Å²) in [7, 11) is 1.88. The summed E-state index contributed by atoms with van der Waals surface area (Å²) in [4.78, 5) is 0. The van der Waals surface area contributed by atoms with Crippen molar-refractivity contribution in [2.75, 3.05) is 13.6 Å². The normalized spacial score (nSPS) is 21.5. The summed E-state index contributed by atoms with van der Waals surface area (Å²) in [5.41, 5.74) is 0. The molecule has 0 bridgehead atoms. The van der Waals surface area contributed by atoms with E-state index in [-0.39, 0.29) is 0 Å². The molecule has 4 nitrogen and oxygen atoms in total. The molecule has 2 aliphatic heterocycles. The van der Waals surface area contributed by atoms with E-state index in [1.807, 2.05) is 30.3 Å². The Bertz CT molecular complexity index is 228. The molecule has 10 heavy (non-hydrogen) atoms. The molecule has 0 fully saturated rings. The van der Waals surface area contributed by atoms with Gasteiger partial charge in [-0.05, 0) is 16.5 Å². The predicted octanol–water partition coefficient (Wildman–Crippen LogP) is 0.927. The van der Waals surface area contributed by atoms with Crippen LogP contribution in [-0.4, -0.2) is 23.6 Å². The number of fused-ring (bicyclic) bond motifs is 1. The lowest BCUT2D eigenvalue weighted by Gasteiger charge is -2.17. The molecule has 0 radical (unpaired) electrons. The lowest BCUT2D eigenvalue weighted by molar-refractivity contribution is 0.351. The molecule has 0 N–H and O–H groups in total. The summed E-state index contributed by atoms with van der Waals surface area (Å²) >= 11 is 0. The first-order valence-electron chi connectivity index (χ1n) is 3.17. The molecule has 0 saturated heterocycles. The highest BCUT2D eigenvalue weighted by Gasteiger charge is 2.19. The van der Waals surface area contributed by atoms with Gasteiger partial charge in [0, 0.05) is 7.05 Å². The van der Waals surface area contributed by atoms with E-state index < -0.39 is 0 Å². The van der Waals surface area contributed by atoms with E-state index in [0.29, 0.717) is 0 Å². The molecule has 0 aliphatic carbocycles. The van der Waals surface area contributed by atoms with Gasteiger partial charge in [-0.2, -0.15) is 0 Å². The van der Waals surface area contributed by atoms with Gasteiger partial charge in [0.25, 0.3) is 0 Å². The van der Waals surface area contributed by atoms with Crippen LogP contribution in [0.5, 0.6) is 0 Å². The first-order chi connectivity index (χ1) is 4.88. The maximum atomic E-state index is 3.90. The van der Waals surface area contributed by atoms with Crippen LogP contribution in [0.25, 0.3) is 0 Å². The second kappa shape index (κ2) is 1.83. The van der Waals surface area contributed by atoms with E-state index in [1.165, 1.54) is 0 Å². The summed E-state index contributed by atoms with van der Waals surface area (Å²) in [6.07, 6.45) is 6.05. The van der Waals surface area contributed by atoms with Gasteiger partial charge in [0.2, 0.25) is 0 Å². The summed E-state index contributed by atoms with van der Waals surface area (Å²) < 4.78 is 0. The molecular weight excluding hydrogens is 128 g/mol. The van der Waals surface area contributed by atoms with Crippen molar-refractivity contribution in [1.82, 2.24) is 10.0 Å². The Morgan fingerprint density at radius 3 is 3.20 bits per heavy atom. The monoisotopic (exact) mass is 136 g/mol. The maximum Gasteiger partial charge on any atom is 0.148 e. The quantitative estimate of drug-likeness (QED) is 0.496. The summed E-state index contributed by atoms with van der Waals surface area (Å²) in [6, 6.07) is 0. The van der Waals surface area contributed by atoms with Crippen molar-refractivity contribution < 1.29 is 0 Å². The summed E-state index contributed by atoms with van der Waals surface area (Å²) in [6.45, 7) is 0.833. The zero-order chi connectivity index (χ0) is 6.97. The Hall–Kier alpha value is -1.32. The smallest absolute Gasteiger partial charge is 0.148 e. The highest BCUT2D eigenvalue weighted by Crippen LogP contribution is 2.19. The fourth-order valence-electron chi connectivity index (χ4n) is 1.01. The van der Waals surface area contributed by atoms with Crippen LogP contribution in [0.1, 0.15) is 0 Å². The van der Waals surface area contributed by atoms with Crippen molar-refractivity contribution in [3.05, 3.63) is 24.0 Å². The number of hydrogen-bond donors (Lipinski definition) is 0. The molecular formula is C6H8N4. The largest absolute Gasteiger partial charge is 0.231 e. The van der Waals surface area contributed by atoms with Crippen molar-refractivity contribution in [3.8, 4) is 0 Å². The fraction of sp³-hybridized carbons (Fsp3) is 0.333. The minimum Gasteiger partial charge on any atom is -0.231 e. The first kappa shape index (κ1) is 5.46. The molecule has 0 aromatic rings. The average molecular weight is 136 g/mol. The minimum absolute atomic E-state index is 0.833. The van der Waals surface area contributed by atoms with Gasteiger partial charge < -0.3 is 0 Å². The van der Waals surface area contributed by atoms with E-state index >= 15 is 0 Å². The standard InChI is InChI=1S/C6H8N4/c1-9-6-4-2-3-5-10(6)8-7-9/h2-4H,5H2,1H3. The van der Waals surface area contributed by atoms with Crippen LogP contribution in [0.2, 0.25) is 0 Å². The van der Waals surface area contributed by atoms with Crippen LogP contribution in [0.4, 0.5) is 0 Å². The van der Waals surface area contributed by atoms with Crippen LogP contribution in [0, 0.1) is 0 Å². The second-order valence-electron chi connectivity index (χ2n) is 2.24. The maximum absolute atomic E-state index is 3.90. The highest BCUT2D eigenvalue weighted by atomic mass is 15.8. The zero-order valence-corrected chi connectivity index (χ0v) is 5.73. The third-order valence-electron chi connectivity index (χ3n) is 1.54. The van der Waals surface area contributed by atoms with Crippen LogP contribution in [0.15, 0.2) is 34.5 Å². The predicted molar refractivity (Wildman–Crippen MR) is 36.5 cm³/mol. The molecule has 52 valence electrons. The summed E-state index contributed by atoms with van der Waals surface area (Å²) in [5.74, 6) is 1.04. The van der Waals surface area contributed by atoms with Gasteiger partial charge in [-0.1, -0.05) is 12.2 Å². The van der Waals surface area contributed by atoms with E-state index in [2.05, 4.69) is 10.4 Å². The molecule has 0 unspecified atom stereocenters. The lowest BCUT2D eigenvalue weighted by atomic mass is 10.3. The average Bonchev–Trinajstić information content (AvgIpc) is 2.34. The molecule has 0 spiro atoms. The topological polar surface area (TPSA) is 31.2 Å². The number of rotatable bonds is 0. The minimum atomic E-state index is 0.833. The highest BCUT2D eigenvalue weighted by molar-refractivity contribution is 5.16. The Balaban J connectivity index is 2.32. The first-order valence-corrected chi connectivity index (χ1v) is 3.17. The van der Waals surface area contributed by atoms with E-state index in [4.69, 9.17) is 0 Å². The van der Waals surface area contributed by atoms with Gasteiger partial charge in [-0.25, -0.2) is 10.0 Å². The molecule has 0 amide bonds. The number of allylic oxidation sites excluding steroid dienone is 2. The molecule has 0 aromatic heterocycles. The molecule has 2 aliphatic rings. The van der Waals surface area contributed by atoms with Gasteiger partial charge in [-0.15, -0.1) is 0 Å². The van der Waals surface area contributed by atoms with E-state index in [9.17, 15) is 0 Å². The molecule has 2 heterocycles. The number of nitrogens with zero attached hydrogens (tertiary/aromatic N) is 4. The van der Waals surface area contributed by atoms with Crippen LogP contribution < -0.4 is 0 Å². The third-order valence-corrected chi connectivity index (χ3v) is 1.54. The SMILES string of the molecule is CN1N=NN2CC=CC=C12. The number of hydrogen-bond acceptors (Lipinski definition) is 4. The van der Waals surface area contributed by atoms with Crippen LogP contribution in [0.3, 0.4) is 0 Å². The van der Waals surface area contributed by atoms with E-state index in [1.54, 1.807) is 5.01 Å². The zero-order valence-electron chi connectivity index (χ0n) is 5.73. The van der Waals surface area contributed by atoms with Gasteiger partial charge in [0.15, 0.2) is 0 Å². The Morgan fingerprint density at radius 1 is 1.50 bits per heavy atom. The summed E-state index contributed by atoms with van der Waals surface area (Å²) in [5, 5.41) is 11.4. The fourth-order valence-corrected chi connectivity index (χ4v) is 1.01. The van der Waals surface area contributed by atoms with E-state index in [0.717, 1.165) is 12.4 Å². The van der Waals surface area contributed by atoms with Crippen molar-refractivity contribution >= 4 is 0 Å². The van der Waals surface area contributed by atoms with Gasteiger partial charge in [0.05, 0.1) is 6.54 Å². The molecule has 4 heteroatoms. The Kier molecular flexibility index (Phi) is 1.00. The second-order valence-corrected chi connectivity index (χ2v) is 2.24. The van der Waals surface area contributed by atoms with Crippen LogP contribution in [-0.2, 0) is 0 Å². The molecule has 0 saturated carbocycles. The van der Waals surface area contributed by atoms with Gasteiger partial charge >= 0.3 is 0 Å². The Morgan fingerprint density at radius 2 is 2.40 bits per heavy atom. The lowest BCUT2D eigenvalue weighted by Crippen LogP contribution is -2.21. The molecule has 0 atom stereocenters. The van der Waals surface area contributed by atoms with Crippen LogP contribution >= 0.6 is 0 Å². The van der Waals surface area contributed by atoms with Crippen molar-refractivity contribution in [2.45, 2.75) is 0 Å². The van der Waals surface area contributed by atoms with Crippen molar-refractivity contribution in [1.29, 1.82) is 0 Å². The Labute approximate surface area is 59.1 Å². The molecule has 0 aromatic carbocycles. The molecule has 2 rings (SSSR count). The van der Waals surface area contributed by atoms with Gasteiger partial charge in [-0.3, -0.25) is 0 Å². The van der Waals surface area contributed by atoms with Crippen molar-refractivity contribution in [2.24, 2.45) is 10.4 Å². The third kappa shape index (κ3) is 0.618. The van der Waals surface area contributed by atoms with Gasteiger partial charge in [0.1, 0.15) is 5.82 Å².